The van der Waals surface area contributed by atoms with E-state index < -0.39 is 0 Å². The van der Waals surface area contributed by atoms with E-state index in [1.165, 1.54) is 0 Å². The number of carbonyl (C=O) groups is 2. The number of carbonyl (C=O) groups excluding carboxylic acids is 2. The maximum absolute atomic E-state index is 12.4. The van der Waals surface area contributed by atoms with Gasteiger partial charge in [0.2, 0.25) is 11.8 Å². The van der Waals surface area contributed by atoms with Gasteiger partial charge in [0, 0.05) is 19.5 Å². The molecule has 0 aliphatic carbocycles. The van der Waals surface area contributed by atoms with Crippen LogP contribution < -0.4 is 5.32 Å². The molecule has 2 atom stereocenters. The van der Waals surface area contributed by atoms with Gasteiger partial charge >= 0.3 is 0 Å². The molecule has 0 radical (unpaired) electrons. The summed E-state index contributed by atoms with van der Waals surface area (Å²) < 4.78 is 0. The zero-order valence-corrected chi connectivity index (χ0v) is 12.5. The maximum atomic E-state index is 12.4. The lowest BCUT2D eigenvalue weighted by molar-refractivity contribution is -0.135. The standard InChI is InChI=1S/C13H24N2O2S/c1-9(2)12-13(17)15(6-5-11(16)14-12)7-10(3)8-18-4/h9-10,12H,5-8H2,1-4H3,(H,14,16). The summed E-state index contributed by atoms with van der Waals surface area (Å²) in [6, 6.07) is -0.360. The van der Waals surface area contributed by atoms with Crippen molar-refractivity contribution in [3.05, 3.63) is 0 Å². The van der Waals surface area contributed by atoms with Crippen molar-refractivity contribution in [2.75, 3.05) is 25.1 Å². The van der Waals surface area contributed by atoms with Gasteiger partial charge < -0.3 is 10.2 Å². The molecular weight excluding hydrogens is 248 g/mol. The van der Waals surface area contributed by atoms with Crippen molar-refractivity contribution in [2.45, 2.75) is 33.2 Å². The van der Waals surface area contributed by atoms with Crippen LogP contribution in [-0.4, -0.2) is 47.9 Å². The molecule has 2 unspecified atom stereocenters. The first-order valence-corrected chi connectivity index (χ1v) is 7.92. The van der Waals surface area contributed by atoms with E-state index in [1.54, 1.807) is 11.8 Å². The average molecular weight is 272 g/mol. The molecule has 18 heavy (non-hydrogen) atoms. The summed E-state index contributed by atoms with van der Waals surface area (Å²) in [7, 11) is 0. The molecule has 1 aliphatic rings. The molecule has 5 heteroatoms. The second-order valence-corrected chi connectivity index (χ2v) is 6.29. The van der Waals surface area contributed by atoms with Crippen LogP contribution in [-0.2, 0) is 9.59 Å². The second-order valence-electron chi connectivity index (χ2n) is 5.38. The predicted molar refractivity (Wildman–Crippen MR) is 75.5 cm³/mol. The number of hydrogen-bond acceptors (Lipinski definition) is 3. The highest BCUT2D eigenvalue weighted by Crippen LogP contribution is 2.14. The van der Waals surface area contributed by atoms with Gasteiger partial charge in [-0.3, -0.25) is 9.59 Å². The molecule has 0 spiro atoms. The number of nitrogens with one attached hydrogen (secondary N) is 1. The van der Waals surface area contributed by atoms with E-state index in [1.807, 2.05) is 18.7 Å². The van der Waals surface area contributed by atoms with E-state index >= 15 is 0 Å². The Morgan fingerprint density at radius 3 is 2.61 bits per heavy atom. The lowest BCUT2D eigenvalue weighted by Crippen LogP contribution is -2.48. The van der Waals surface area contributed by atoms with Crippen LogP contribution in [0.25, 0.3) is 0 Å². The van der Waals surface area contributed by atoms with E-state index in [9.17, 15) is 9.59 Å². The molecule has 0 aromatic rings. The van der Waals surface area contributed by atoms with E-state index in [0.29, 0.717) is 18.9 Å². The topological polar surface area (TPSA) is 49.4 Å². The van der Waals surface area contributed by atoms with Gasteiger partial charge in [-0.25, -0.2) is 0 Å². The number of nitrogens with zero attached hydrogens (tertiary/aromatic N) is 1. The quantitative estimate of drug-likeness (QED) is 0.822. The van der Waals surface area contributed by atoms with Gasteiger partial charge in [0.1, 0.15) is 6.04 Å². The number of amides is 2. The van der Waals surface area contributed by atoms with Crippen LogP contribution in [0.15, 0.2) is 0 Å². The van der Waals surface area contributed by atoms with Gasteiger partial charge in [-0.2, -0.15) is 11.8 Å². The molecule has 0 aromatic heterocycles. The van der Waals surface area contributed by atoms with Gasteiger partial charge in [-0.15, -0.1) is 0 Å². The van der Waals surface area contributed by atoms with Gasteiger partial charge in [0.15, 0.2) is 0 Å². The first-order valence-electron chi connectivity index (χ1n) is 6.52. The summed E-state index contributed by atoms with van der Waals surface area (Å²) in [5.74, 6) is 1.70. The highest BCUT2D eigenvalue weighted by molar-refractivity contribution is 7.98. The Hall–Kier alpha value is -0.710. The summed E-state index contributed by atoms with van der Waals surface area (Å²) in [6.45, 7) is 7.38. The van der Waals surface area contributed by atoms with E-state index in [0.717, 1.165) is 12.3 Å². The Kier molecular flexibility index (Phi) is 5.99. The molecule has 1 rings (SSSR count). The molecule has 1 aliphatic heterocycles. The van der Waals surface area contributed by atoms with Crippen LogP contribution in [0.2, 0.25) is 0 Å². The monoisotopic (exact) mass is 272 g/mol. The SMILES string of the molecule is CSCC(C)CN1CCC(=O)NC(C(C)C)C1=O. The van der Waals surface area contributed by atoms with Crippen molar-refractivity contribution in [2.24, 2.45) is 11.8 Å². The third kappa shape index (κ3) is 4.19. The molecule has 1 N–H and O–H groups in total. The summed E-state index contributed by atoms with van der Waals surface area (Å²) in [5, 5.41) is 2.83. The predicted octanol–water partition coefficient (Wildman–Crippen LogP) is 1.36. The Bertz CT molecular complexity index is 307. The number of rotatable bonds is 5. The van der Waals surface area contributed by atoms with Crippen molar-refractivity contribution in [3.63, 3.8) is 0 Å². The summed E-state index contributed by atoms with van der Waals surface area (Å²) in [6.07, 6.45) is 2.49. The molecule has 1 saturated heterocycles. The molecule has 0 bridgehead atoms. The molecule has 2 amide bonds. The highest BCUT2D eigenvalue weighted by Gasteiger charge is 2.32. The van der Waals surface area contributed by atoms with Gasteiger partial charge in [-0.05, 0) is 23.8 Å². The summed E-state index contributed by atoms with van der Waals surface area (Å²) in [5.41, 5.74) is 0. The van der Waals surface area contributed by atoms with Crippen LogP contribution in [0, 0.1) is 11.8 Å². The third-order valence-electron chi connectivity index (χ3n) is 3.15. The van der Waals surface area contributed by atoms with E-state index in [2.05, 4.69) is 18.5 Å². The Labute approximate surface area is 114 Å². The molecular formula is C13H24N2O2S. The van der Waals surface area contributed by atoms with Crippen LogP contribution in [0.5, 0.6) is 0 Å². The Morgan fingerprint density at radius 1 is 1.39 bits per heavy atom. The number of hydrogen-bond donors (Lipinski definition) is 1. The average Bonchev–Trinajstić information content (AvgIpc) is 2.42. The Morgan fingerprint density at radius 2 is 2.06 bits per heavy atom. The molecule has 4 nitrogen and oxygen atoms in total. The fourth-order valence-electron chi connectivity index (χ4n) is 2.20. The summed E-state index contributed by atoms with van der Waals surface area (Å²) >= 11 is 1.79. The second kappa shape index (κ2) is 7.02. The van der Waals surface area contributed by atoms with Crippen LogP contribution in [0.3, 0.4) is 0 Å². The van der Waals surface area contributed by atoms with Crippen molar-refractivity contribution < 1.29 is 9.59 Å². The van der Waals surface area contributed by atoms with Crippen molar-refractivity contribution in [1.82, 2.24) is 10.2 Å². The highest BCUT2D eigenvalue weighted by atomic mass is 32.2. The van der Waals surface area contributed by atoms with Crippen LogP contribution in [0.1, 0.15) is 27.2 Å². The minimum absolute atomic E-state index is 0.0120. The van der Waals surface area contributed by atoms with Gasteiger partial charge in [-0.1, -0.05) is 20.8 Å². The van der Waals surface area contributed by atoms with Crippen LogP contribution in [0.4, 0.5) is 0 Å². The van der Waals surface area contributed by atoms with Gasteiger partial charge in [0.05, 0.1) is 0 Å². The largest absolute Gasteiger partial charge is 0.344 e. The van der Waals surface area contributed by atoms with Crippen LogP contribution >= 0.6 is 11.8 Å². The molecule has 0 aromatic carbocycles. The minimum Gasteiger partial charge on any atom is -0.344 e. The zero-order valence-electron chi connectivity index (χ0n) is 11.7. The smallest absolute Gasteiger partial charge is 0.245 e. The minimum atomic E-state index is -0.360. The zero-order chi connectivity index (χ0) is 13.7. The number of thioether (sulfide) groups is 1. The molecule has 1 heterocycles. The Balaban J connectivity index is 2.71. The fraction of sp³-hybridized carbons (Fsp3) is 0.846. The van der Waals surface area contributed by atoms with Crippen molar-refractivity contribution >= 4 is 23.6 Å². The lowest BCUT2D eigenvalue weighted by atomic mass is 10.0. The molecule has 1 fully saturated rings. The molecule has 104 valence electrons. The van der Waals surface area contributed by atoms with E-state index in [-0.39, 0.29) is 23.8 Å². The van der Waals surface area contributed by atoms with E-state index in [4.69, 9.17) is 0 Å². The molecule has 0 saturated carbocycles. The summed E-state index contributed by atoms with van der Waals surface area (Å²) in [4.78, 5) is 25.8. The first kappa shape index (κ1) is 15.3. The van der Waals surface area contributed by atoms with Gasteiger partial charge in [0.25, 0.3) is 0 Å². The normalized spacial score (nSPS) is 22.9. The third-order valence-corrected chi connectivity index (χ3v) is 4.06. The fourth-order valence-corrected chi connectivity index (χ4v) is 2.87. The maximum Gasteiger partial charge on any atom is 0.245 e. The van der Waals surface area contributed by atoms with Crippen molar-refractivity contribution in [3.8, 4) is 0 Å². The first-order chi connectivity index (χ1) is 8.45. The van der Waals surface area contributed by atoms with Crippen molar-refractivity contribution in [1.29, 1.82) is 0 Å². The lowest BCUT2D eigenvalue weighted by Gasteiger charge is -2.28.